The quantitative estimate of drug-likeness (QED) is 0.757. The average molecular weight is 235 g/mol. The Morgan fingerprint density at radius 1 is 0.889 bits per heavy atom. The van der Waals surface area contributed by atoms with E-state index in [4.69, 9.17) is 0 Å². The lowest BCUT2D eigenvalue weighted by atomic mass is 10.0. The number of para-hydroxylation sites is 1. The van der Waals surface area contributed by atoms with Crippen LogP contribution in [-0.2, 0) is 6.42 Å². The van der Waals surface area contributed by atoms with Crippen molar-refractivity contribution in [2.75, 3.05) is 11.4 Å². The number of fused-ring (bicyclic) bond motifs is 1. The van der Waals surface area contributed by atoms with Crippen molar-refractivity contribution in [3.05, 3.63) is 71.9 Å². The Morgan fingerprint density at radius 2 is 1.67 bits per heavy atom. The predicted octanol–water partition coefficient (Wildman–Crippen LogP) is 4.11. The van der Waals surface area contributed by atoms with Crippen LogP contribution in [0.3, 0.4) is 0 Å². The highest BCUT2D eigenvalue weighted by Gasteiger charge is 2.13. The molecule has 1 nitrogen and oxygen atoms in total. The number of rotatable bonds is 2. The van der Waals surface area contributed by atoms with E-state index < -0.39 is 0 Å². The molecule has 0 radical (unpaired) electrons. The van der Waals surface area contributed by atoms with E-state index in [-0.39, 0.29) is 0 Å². The molecule has 0 spiro atoms. The van der Waals surface area contributed by atoms with Gasteiger partial charge in [0.15, 0.2) is 0 Å². The first-order chi connectivity index (χ1) is 8.93. The van der Waals surface area contributed by atoms with E-state index in [2.05, 4.69) is 65.7 Å². The molecule has 0 saturated carbocycles. The number of aryl methyl sites for hydroxylation is 1. The highest BCUT2D eigenvalue weighted by atomic mass is 15.1. The van der Waals surface area contributed by atoms with Crippen molar-refractivity contribution in [3.8, 4) is 0 Å². The second-order valence-electron chi connectivity index (χ2n) is 4.65. The molecule has 0 bridgehead atoms. The molecule has 90 valence electrons. The molecule has 0 atom stereocenters. The van der Waals surface area contributed by atoms with Crippen LogP contribution in [0.2, 0.25) is 0 Å². The third-order valence-corrected chi connectivity index (χ3v) is 3.39. The van der Waals surface area contributed by atoms with Gasteiger partial charge in [-0.25, -0.2) is 0 Å². The Bertz CT molecular complexity index is 543. The molecule has 0 N–H and O–H groups in total. The monoisotopic (exact) mass is 235 g/mol. The zero-order valence-corrected chi connectivity index (χ0v) is 10.4. The van der Waals surface area contributed by atoms with Gasteiger partial charge in [0.1, 0.15) is 0 Å². The highest BCUT2D eigenvalue weighted by molar-refractivity contribution is 5.61. The van der Waals surface area contributed by atoms with Gasteiger partial charge in [-0.05, 0) is 36.1 Å². The molecule has 0 unspecified atom stereocenters. The molecule has 0 fully saturated rings. The van der Waals surface area contributed by atoms with Gasteiger partial charge < -0.3 is 4.90 Å². The maximum absolute atomic E-state index is 2.35. The van der Waals surface area contributed by atoms with Crippen molar-refractivity contribution in [3.63, 3.8) is 0 Å². The van der Waals surface area contributed by atoms with Gasteiger partial charge in [0.25, 0.3) is 0 Å². The summed E-state index contributed by atoms with van der Waals surface area (Å²) < 4.78 is 0. The lowest BCUT2D eigenvalue weighted by molar-refractivity contribution is 0.764. The fourth-order valence-corrected chi connectivity index (χ4v) is 2.46. The Hall–Kier alpha value is -2.02. The Kier molecular flexibility index (Phi) is 3.14. The number of nitrogens with zero attached hydrogens (tertiary/aromatic N) is 1. The summed E-state index contributed by atoms with van der Waals surface area (Å²) in [5, 5.41) is 0. The number of anilines is 1. The summed E-state index contributed by atoms with van der Waals surface area (Å²) in [6, 6.07) is 19.2. The molecule has 2 aromatic rings. The lowest BCUT2D eigenvalue weighted by Gasteiger charge is -2.28. The SMILES string of the molecule is C(=CN1CCCc2ccccc21)c1ccccc1. The second-order valence-corrected chi connectivity index (χ2v) is 4.65. The third kappa shape index (κ3) is 2.30. The first-order valence-electron chi connectivity index (χ1n) is 6.51. The zero-order valence-electron chi connectivity index (χ0n) is 10.4. The summed E-state index contributed by atoms with van der Waals surface area (Å²) in [4.78, 5) is 2.35. The fourth-order valence-electron chi connectivity index (χ4n) is 2.46. The van der Waals surface area contributed by atoms with E-state index in [9.17, 15) is 0 Å². The van der Waals surface area contributed by atoms with Crippen molar-refractivity contribution in [2.24, 2.45) is 0 Å². The summed E-state index contributed by atoms with van der Waals surface area (Å²) in [6.45, 7) is 1.11. The van der Waals surface area contributed by atoms with Gasteiger partial charge in [0.2, 0.25) is 0 Å². The summed E-state index contributed by atoms with van der Waals surface area (Å²) in [7, 11) is 0. The van der Waals surface area contributed by atoms with E-state index in [0.29, 0.717) is 0 Å². The minimum Gasteiger partial charge on any atom is -0.348 e. The first-order valence-corrected chi connectivity index (χ1v) is 6.51. The van der Waals surface area contributed by atoms with Crippen molar-refractivity contribution in [1.82, 2.24) is 0 Å². The minimum atomic E-state index is 1.11. The maximum atomic E-state index is 2.35. The normalized spacial score (nSPS) is 14.8. The van der Waals surface area contributed by atoms with Crippen LogP contribution in [0, 0.1) is 0 Å². The topological polar surface area (TPSA) is 3.24 Å². The Balaban J connectivity index is 1.85. The Labute approximate surface area is 108 Å². The molecule has 0 saturated heterocycles. The lowest BCUT2D eigenvalue weighted by Crippen LogP contribution is -2.23. The van der Waals surface area contributed by atoms with Gasteiger partial charge in [-0.1, -0.05) is 48.5 Å². The maximum Gasteiger partial charge on any atom is 0.0438 e. The van der Waals surface area contributed by atoms with Gasteiger partial charge in [-0.3, -0.25) is 0 Å². The summed E-state index contributed by atoms with van der Waals surface area (Å²) in [6.07, 6.45) is 6.82. The summed E-state index contributed by atoms with van der Waals surface area (Å²) in [5.41, 5.74) is 4.07. The number of hydrogen-bond donors (Lipinski definition) is 0. The third-order valence-electron chi connectivity index (χ3n) is 3.39. The van der Waals surface area contributed by atoms with Gasteiger partial charge >= 0.3 is 0 Å². The second kappa shape index (κ2) is 5.09. The number of hydrogen-bond acceptors (Lipinski definition) is 1. The Morgan fingerprint density at radius 3 is 2.56 bits per heavy atom. The van der Waals surface area contributed by atoms with Gasteiger partial charge in [-0.2, -0.15) is 0 Å². The summed E-state index contributed by atoms with van der Waals surface area (Å²) in [5.74, 6) is 0. The van der Waals surface area contributed by atoms with Crippen LogP contribution in [0.1, 0.15) is 17.5 Å². The van der Waals surface area contributed by atoms with Crippen LogP contribution >= 0.6 is 0 Å². The van der Waals surface area contributed by atoms with Gasteiger partial charge in [0.05, 0.1) is 0 Å². The van der Waals surface area contributed by atoms with Crippen LogP contribution in [0.5, 0.6) is 0 Å². The molecule has 1 aliphatic heterocycles. The van der Waals surface area contributed by atoms with Crippen molar-refractivity contribution in [1.29, 1.82) is 0 Å². The molecule has 18 heavy (non-hydrogen) atoms. The molecular formula is C17H17N. The molecule has 2 aromatic carbocycles. The van der Waals surface area contributed by atoms with Gasteiger partial charge in [-0.15, -0.1) is 0 Å². The van der Waals surface area contributed by atoms with Crippen LogP contribution in [-0.4, -0.2) is 6.54 Å². The van der Waals surface area contributed by atoms with E-state index >= 15 is 0 Å². The van der Waals surface area contributed by atoms with Gasteiger partial charge in [0, 0.05) is 18.4 Å². The minimum absolute atomic E-state index is 1.11. The van der Waals surface area contributed by atoms with E-state index in [0.717, 1.165) is 6.54 Å². The molecule has 0 amide bonds. The smallest absolute Gasteiger partial charge is 0.0438 e. The summed E-state index contributed by atoms with van der Waals surface area (Å²) >= 11 is 0. The largest absolute Gasteiger partial charge is 0.348 e. The first kappa shape index (κ1) is 11.1. The van der Waals surface area contributed by atoms with Crippen LogP contribution in [0.25, 0.3) is 6.08 Å². The van der Waals surface area contributed by atoms with E-state index in [1.165, 1.54) is 29.7 Å². The average Bonchev–Trinajstić information content (AvgIpc) is 2.46. The van der Waals surface area contributed by atoms with E-state index in [1.54, 1.807) is 0 Å². The molecule has 1 heteroatoms. The number of benzene rings is 2. The molecule has 0 aromatic heterocycles. The van der Waals surface area contributed by atoms with Crippen LogP contribution in [0.4, 0.5) is 5.69 Å². The predicted molar refractivity (Wildman–Crippen MR) is 77.6 cm³/mol. The molecule has 1 aliphatic rings. The molecule has 3 rings (SSSR count). The van der Waals surface area contributed by atoms with Crippen molar-refractivity contribution < 1.29 is 0 Å². The standard InChI is InChI=1S/C17H17N/c1-2-7-15(8-3-1)12-14-18-13-6-10-16-9-4-5-11-17(16)18/h1-5,7-9,11-12,14H,6,10,13H2. The van der Waals surface area contributed by atoms with E-state index in [1.807, 2.05) is 6.07 Å². The van der Waals surface area contributed by atoms with Crippen LogP contribution < -0.4 is 4.90 Å². The fraction of sp³-hybridized carbons (Fsp3) is 0.176. The van der Waals surface area contributed by atoms with Crippen molar-refractivity contribution >= 4 is 11.8 Å². The molecule has 1 heterocycles. The van der Waals surface area contributed by atoms with Crippen molar-refractivity contribution in [2.45, 2.75) is 12.8 Å². The van der Waals surface area contributed by atoms with Crippen LogP contribution in [0.15, 0.2) is 60.8 Å². The molecule has 0 aliphatic carbocycles. The highest BCUT2D eigenvalue weighted by Crippen LogP contribution is 2.27. The zero-order chi connectivity index (χ0) is 12.2. The molecular weight excluding hydrogens is 218 g/mol.